The first kappa shape index (κ1) is 16.6. The molecule has 0 N–H and O–H groups in total. The molecule has 0 spiro atoms. The second-order valence-electron chi connectivity index (χ2n) is 4.57. The van der Waals surface area contributed by atoms with Crippen LogP contribution in [-0.4, -0.2) is 10.1 Å². The molecule has 9 heteroatoms. The number of benzene rings is 2. The van der Waals surface area contributed by atoms with Crippen LogP contribution in [0.25, 0.3) is 11.4 Å². The second kappa shape index (κ2) is 6.33. The lowest BCUT2D eigenvalue weighted by Gasteiger charge is -2.07. The predicted molar refractivity (Wildman–Crippen MR) is 80.1 cm³/mol. The third-order valence-electron chi connectivity index (χ3n) is 2.77. The van der Waals surface area contributed by atoms with E-state index in [1.165, 1.54) is 36.4 Å². The molecule has 0 bridgehead atoms. The van der Waals surface area contributed by atoms with Crippen LogP contribution in [0.4, 0.5) is 13.2 Å². The largest absolute Gasteiger partial charge is 0.471 e. The van der Waals surface area contributed by atoms with E-state index in [2.05, 4.69) is 20.7 Å². The summed E-state index contributed by atoms with van der Waals surface area (Å²) in [7, 11) is 0. The lowest BCUT2D eigenvalue weighted by Crippen LogP contribution is -2.04. The van der Waals surface area contributed by atoms with Gasteiger partial charge < -0.3 is 9.26 Å². The Kier molecular flexibility index (Phi) is 4.38. The zero-order valence-corrected chi connectivity index (χ0v) is 13.1. The normalized spacial score (nSPS) is 11.5. The summed E-state index contributed by atoms with van der Waals surface area (Å²) in [5.41, 5.74) is 0.274. The van der Waals surface area contributed by atoms with Crippen molar-refractivity contribution in [2.24, 2.45) is 0 Å². The summed E-state index contributed by atoms with van der Waals surface area (Å²) in [6, 6.07) is 11.7. The number of ether oxygens (including phenoxy) is 1. The van der Waals surface area contributed by atoms with Crippen molar-refractivity contribution in [1.29, 1.82) is 0 Å². The number of hydrogen-bond donors (Lipinski definition) is 0. The quantitative estimate of drug-likeness (QED) is 0.594. The number of nitrogens with zero attached hydrogens (tertiary/aromatic N) is 2. The van der Waals surface area contributed by atoms with Crippen molar-refractivity contribution in [2.75, 3.05) is 0 Å². The van der Waals surface area contributed by atoms with Gasteiger partial charge in [0.1, 0.15) is 11.5 Å². The van der Waals surface area contributed by atoms with E-state index in [9.17, 15) is 13.2 Å². The summed E-state index contributed by atoms with van der Waals surface area (Å²) in [6.45, 7) is 0. The van der Waals surface area contributed by atoms with Gasteiger partial charge in [0.2, 0.25) is 5.82 Å². The maximum absolute atomic E-state index is 12.5. The molecule has 0 aliphatic carbocycles. The van der Waals surface area contributed by atoms with E-state index in [4.69, 9.17) is 27.9 Å². The summed E-state index contributed by atoms with van der Waals surface area (Å²) >= 11 is 11.8. The monoisotopic (exact) mass is 373 g/mol. The highest BCUT2D eigenvalue weighted by atomic mass is 35.5. The van der Waals surface area contributed by atoms with Crippen molar-refractivity contribution in [3.8, 4) is 22.9 Å². The molecule has 4 nitrogen and oxygen atoms in total. The molecular formula is C15H6Cl2F3N2O2. The second-order valence-corrected chi connectivity index (χ2v) is 5.44. The molecule has 0 fully saturated rings. The Labute approximate surface area is 143 Å². The van der Waals surface area contributed by atoms with E-state index in [1.807, 2.05) is 0 Å². The standard InChI is InChI=1S/C15H6Cl2F3N2O2/c16-9-5-10(17)7-12(6-9)23-11-3-1-2-8(4-11)13-21-14(24-22-13)15(18,19)20/h1-2,4-7H. The maximum Gasteiger partial charge on any atom is 0.471 e. The third-order valence-corrected chi connectivity index (χ3v) is 3.20. The van der Waals surface area contributed by atoms with E-state index in [0.717, 1.165) is 0 Å². The Balaban J connectivity index is 1.88. The van der Waals surface area contributed by atoms with Crippen LogP contribution in [-0.2, 0) is 6.18 Å². The zero-order chi connectivity index (χ0) is 17.3. The van der Waals surface area contributed by atoms with Gasteiger partial charge >= 0.3 is 12.1 Å². The molecule has 2 aromatic carbocycles. The first-order valence-electron chi connectivity index (χ1n) is 6.38. The highest BCUT2D eigenvalue weighted by molar-refractivity contribution is 6.34. The highest BCUT2D eigenvalue weighted by Crippen LogP contribution is 2.32. The summed E-state index contributed by atoms with van der Waals surface area (Å²) in [4.78, 5) is 3.31. The summed E-state index contributed by atoms with van der Waals surface area (Å²) in [6.07, 6.45) is -4.71. The summed E-state index contributed by atoms with van der Waals surface area (Å²) in [5.74, 6) is -1.06. The minimum absolute atomic E-state index is 0.217. The molecule has 24 heavy (non-hydrogen) atoms. The van der Waals surface area contributed by atoms with Crippen LogP contribution in [0.3, 0.4) is 0 Å². The number of rotatable bonds is 3. The molecule has 123 valence electrons. The maximum atomic E-state index is 12.5. The molecule has 0 unspecified atom stereocenters. The van der Waals surface area contributed by atoms with Gasteiger partial charge in [-0.05, 0) is 30.3 Å². The summed E-state index contributed by atoms with van der Waals surface area (Å²) in [5, 5.41) is 4.06. The van der Waals surface area contributed by atoms with Gasteiger partial charge in [-0.3, -0.25) is 0 Å². The minimum Gasteiger partial charge on any atom is -0.457 e. The number of aromatic nitrogens is 2. The SMILES string of the molecule is FC(F)(F)c1nc(-c2cc[c]c(Oc3cc(Cl)cc(Cl)c3)c2)no1. The van der Waals surface area contributed by atoms with Crippen LogP contribution in [0.2, 0.25) is 10.0 Å². The van der Waals surface area contributed by atoms with Crippen molar-refractivity contribution in [1.82, 2.24) is 10.1 Å². The molecule has 1 aromatic heterocycles. The van der Waals surface area contributed by atoms with Crippen LogP contribution >= 0.6 is 23.2 Å². The average molecular weight is 374 g/mol. The Morgan fingerprint density at radius 1 is 1.08 bits per heavy atom. The fourth-order valence-electron chi connectivity index (χ4n) is 1.81. The van der Waals surface area contributed by atoms with Crippen molar-refractivity contribution in [2.45, 2.75) is 6.18 Å². The highest BCUT2D eigenvalue weighted by Gasteiger charge is 2.38. The van der Waals surface area contributed by atoms with Crippen LogP contribution in [0, 0.1) is 6.07 Å². The molecule has 3 aromatic rings. The zero-order valence-electron chi connectivity index (χ0n) is 11.6. The molecule has 0 aliphatic heterocycles. The average Bonchev–Trinajstić information content (AvgIpc) is 2.96. The van der Waals surface area contributed by atoms with Gasteiger partial charge in [0.15, 0.2) is 0 Å². The molecule has 3 rings (SSSR count). The molecule has 1 radical (unpaired) electrons. The van der Waals surface area contributed by atoms with Crippen LogP contribution in [0.15, 0.2) is 40.9 Å². The number of hydrogen-bond acceptors (Lipinski definition) is 4. The summed E-state index contributed by atoms with van der Waals surface area (Å²) < 4.78 is 47.3. The molecule has 1 heterocycles. The lowest BCUT2D eigenvalue weighted by molar-refractivity contribution is -0.159. The molecule has 0 atom stereocenters. The topological polar surface area (TPSA) is 48.2 Å². The Morgan fingerprint density at radius 2 is 1.79 bits per heavy atom. The van der Waals surface area contributed by atoms with Crippen molar-refractivity contribution in [3.05, 3.63) is 58.4 Å². The van der Waals surface area contributed by atoms with Crippen molar-refractivity contribution < 1.29 is 22.4 Å². The Morgan fingerprint density at radius 3 is 2.42 bits per heavy atom. The van der Waals surface area contributed by atoms with Crippen LogP contribution in [0.1, 0.15) is 5.89 Å². The van der Waals surface area contributed by atoms with Gasteiger partial charge in [0, 0.05) is 21.7 Å². The van der Waals surface area contributed by atoms with Gasteiger partial charge in [0.05, 0.1) is 0 Å². The van der Waals surface area contributed by atoms with Gasteiger partial charge in [0.25, 0.3) is 0 Å². The van der Waals surface area contributed by atoms with E-state index in [1.54, 1.807) is 0 Å². The smallest absolute Gasteiger partial charge is 0.457 e. The molecule has 0 amide bonds. The van der Waals surface area contributed by atoms with Crippen LogP contribution < -0.4 is 4.74 Å². The lowest BCUT2D eigenvalue weighted by atomic mass is 10.2. The van der Waals surface area contributed by atoms with E-state index >= 15 is 0 Å². The fourth-order valence-corrected chi connectivity index (χ4v) is 2.32. The van der Waals surface area contributed by atoms with E-state index in [-0.39, 0.29) is 17.1 Å². The van der Waals surface area contributed by atoms with Gasteiger partial charge in [-0.2, -0.15) is 18.2 Å². The van der Waals surface area contributed by atoms with Gasteiger partial charge in [-0.1, -0.05) is 34.4 Å². The number of alkyl halides is 3. The molecule has 0 saturated carbocycles. The van der Waals surface area contributed by atoms with Crippen LogP contribution in [0.5, 0.6) is 11.5 Å². The molecule has 0 saturated heterocycles. The van der Waals surface area contributed by atoms with Gasteiger partial charge in [-0.15, -0.1) is 0 Å². The Bertz CT molecular complexity index is 861. The minimum atomic E-state index is -4.71. The number of halogens is 5. The molecule has 0 aliphatic rings. The van der Waals surface area contributed by atoms with E-state index < -0.39 is 12.1 Å². The third kappa shape index (κ3) is 3.80. The first-order chi connectivity index (χ1) is 11.3. The molecular weight excluding hydrogens is 368 g/mol. The van der Waals surface area contributed by atoms with Crippen molar-refractivity contribution in [3.63, 3.8) is 0 Å². The van der Waals surface area contributed by atoms with E-state index in [0.29, 0.717) is 15.8 Å². The van der Waals surface area contributed by atoms with Crippen molar-refractivity contribution >= 4 is 23.2 Å². The van der Waals surface area contributed by atoms with Gasteiger partial charge in [-0.25, -0.2) is 0 Å². The first-order valence-corrected chi connectivity index (χ1v) is 7.14. The predicted octanol–water partition coefficient (Wildman–Crippen LogP) is 5.65. The Hall–Kier alpha value is -2.25. The fraction of sp³-hybridized carbons (Fsp3) is 0.0667.